The van der Waals surface area contributed by atoms with Crippen LogP contribution in [0.25, 0.3) is 16.6 Å². The molecule has 0 aliphatic carbocycles. The molecule has 0 bridgehead atoms. The maximum absolute atomic E-state index is 12.6. The van der Waals surface area contributed by atoms with E-state index in [2.05, 4.69) is 50.3 Å². The van der Waals surface area contributed by atoms with E-state index in [4.69, 9.17) is 10.7 Å². The third-order valence-corrected chi connectivity index (χ3v) is 5.78. The number of carbonyl (C=O) groups is 1. The first-order valence-electron chi connectivity index (χ1n) is 11.8. The van der Waals surface area contributed by atoms with Gasteiger partial charge in [0.1, 0.15) is 0 Å². The van der Waals surface area contributed by atoms with Crippen molar-refractivity contribution in [1.29, 1.82) is 0 Å². The number of nitrogens with two attached hydrogens (primary N) is 1. The average molecular weight is 475 g/mol. The van der Waals surface area contributed by atoms with Crippen LogP contribution in [-0.2, 0) is 0 Å². The van der Waals surface area contributed by atoms with Crippen LogP contribution >= 0.6 is 0 Å². The lowest BCUT2D eigenvalue weighted by Crippen LogP contribution is -2.42. The van der Waals surface area contributed by atoms with Crippen LogP contribution in [0.2, 0.25) is 0 Å². The Bertz CT molecular complexity index is 1220. The van der Waals surface area contributed by atoms with E-state index in [1.54, 1.807) is 0 Å². The molecule has 2 atom stereocenters. The van der Waals surface area contributed by atoms with Crippen LogP contribution in [0.15, 0.2) is 58.4 Å². The minimum absolute atomic E-state index is 0.0261. The zero-order valence-corrected chi connectivity index (χ0v) is 20.8. The Morgan fingerprint density at radius 1 is 1.11 bits per heavy atom. The van der Waals surface area contributed by atoms with Gasteiger partial charge in [-0.15, -0.1) is 0 Å². The third-order valence-electron chi connectivity index (χ3n) is 5.78. The summed E-state index contributed by atoms with van der Waals surface area (Å²) >= 11 is 0. The lowest BCUT2D eigenvalue weighted by Gasteiger charge is -2.24. The van der Waals surface area contributed by atoms with Crippen molar-refractivity contribution in [3.05, 3.63) is 59.8 Å². The zero-order valence-electron chi connectivity index (χ0n) is 20.8. The molecule has 1 aromatic carbocycles. The summed E-state index contributed by atoms with van der Waals surface area (Å²) in [4.78, 5) is 32.9. The summed E-state index contributed by atoms with van der Waals surface area (Å²) in [5, 5.41) is 7.53. The van der Waals surface area contributed by atoms with Gasteiger partial charge >= 0.3 is 0 Å². The molecule has 0 unspecified atom stereocenters. The summed E-state index contributed by atoms with van der Waals surface area (Å²) in [5.74, 6) is 0.218. The van der Waals surface area contributed by atoms with Crippen LogP contribution in [0.4, 0.5) is 5.69 Å². The highest BCUT2D eigenvalue weighted by Crippen LogP contribution is 2.28. The minimum Gasteiger partial charge on any atom is -0.396 e. The van der Waals surface area contributed by atoms with E-state index in [9.17, 15) is 4.79 Å². The molecule has 0 saturated carbocycles. The number of nitrogen functional groups attached to an aromatic ring is 1. The van der Waals surface area contributed by atoms with Crippen LogP contribution in [0.3, 0.4) is 0 Å². The van der Waals surface area contributed by atoms with Gasteiger partial charge in [-0.3, -0.25) is 4.79 Å². The smallest absolute Gasteiger partial charge is 0.289 e. The molecule has 0 radical (unpaired) electrons. The summed E-state index contributed by atoms with van der Waals surface area (Å²) in [7, 11) is 0. The molecule has 0 saturated heterocycles. The number of nitrogens with zero attached hydrogens (tertiary/aromatic N) is 4. The van der Waals surface area contributed by atoms with Gasteiger partial charge in [-0.05, 0) is 51.5 Å². The summed E-state index contributed by atoms with van der Waals surface area (Å²) < 4.78 is 0. The Labute approximate surface area is 206 Å². The number of nitrogens with one attached hydrogen (secondary N) is 3. The third kappa shape index (κ3) is 6.53. The van der Waals surface area contributed by atoms with Crippen LogP contribution in [0.1, 0.15) is 63.1 Å². The monoisotopic (exact) mass is 474 g/mol. The first-order chi connectivity index (χ1) is 16.9. The van der Waals surface area contributed by atoms with Crippen molar-refractivity contribution in [2.24, 2.45) is 9.98 Å². The highest BCUT2D eigenvalue weighted by molar-refractivity contribution is 5.97. The fourth-order valence-electron chi connectivity index (χ4n) is 3.81. The van der Waals surface area contributed by atoms with Crippen molar-refractivity contribution >= 4 is 40.9 Å². The van der Waals surface area contributed by atoms with E-state index in [0.29, 0.717) is 18.1 Å². The normalized spacial score (nSPS) is 13.2. The fourth-order valence-corrected chi connectivity index (χ4v) is 3.81. The Kier molecular flexibility index (Phi) is 8.72. The number of rotatable bonds is 9. The number of amides is 1. The largest absolute Gasteiger partial charge is 0.396 e. The molecule has 3 aromatic rings. The van der Waals surface area contributed by atoms with Gasteiger partial charge in [-0.1, -0.05) is 32.0 Å². The molecule has 184 valence electrons. The fraction of sp³-hybridized carbons (Fsp3) is 0.346. The van der Waals surface area contributed by atoms with Crippen LogP contribution in [0.5, 0.6) is 0 Å². The first-order valence-corrected chi connectivity index (χ1v) is 11.8. The Morgan fingerprint density at radius 3 is 2.40 bits per heavy atom. The first kappa shape index (κ1) is 25.6. The van der Waals surface area contributed by atoms with Gasteiger partial charge < -0.3 is 21.4 Å². The number of carbonyl (C=O) groups excluding carboxylic acids is 1. The van der Waals surface area contributed by atoms with Crippen LogP contribution < -0.4 is 16.4 Å². The van der Waals surface area contributed by atoms with Crippen molar-refractivity contribution in [3.8, 4) is 0 Å². The zero-order chi connectivity index (χ0) is 25.4. The number of guanidine groups is 1. The molecule has 2 aromatic heterocycles. The molecule has 2 heterocycles. The number of anilines is 1. The number of H-pyrrole nitrogens is 1. The van der Waals surface area contributed by atoms with E-state index in [1.807, 2.05) is 45.2 Å². The van der Waals surface area contributed by atoms with E-state index in [1.165, 1.54) is 12.4 Å². The summed E-state index contributed by atoms with van der Waals surface area (Å²) in [6.45, 7) is 11.9. The van der Waals surface area contributed by atoms with E-state index < -0.39 is 0 Å². The van der Waals surface area contributed by atoms with Crippen molar-refractivity contribution in [3.63, 3.8) is 0 Å². The number of fused-ring (bicyclic) bond motifs is 1. The van der Waals surface area contributed by atoms with E-state index >= 15 is 0 Å². The van der Waals surface area contributed by atoms with Crippen molar-refractivity contribution < 1.29 is 4.79 Å². The number of hydrogen-bond acceptors (Lipinski definition) is 5. The summed E-state index contributed by atoms with van der Waals surface area (Å²) in [6.07, 6.45) is 7.06. The topological polar surface area (TPSA) is 133 Å². The molecule has 9 heteroatoms. The van der Waals surface area contributed by atoms with Crippen LogP contribution in [-0.4, -0.2) is 45.6 Å². The summed E-state index contributed by atoms with van der Waals surface area (Å²) in [6, 6.07) is 8.07. The van der Waals surface area contributed by atoms with Crippen molar-refractivity contribution in [2.45, 2.75) is 59.0 Å². The number of allylic oxidation sites excluding steroid dienone is 1. The molecule has 35 heavy (non-hydrogen) atoms. The molecule has 0 fully saturated rings. The van der Waals surface area contributed by atoms with Gasteiger partial charge in [0.15, 0.2) is 0 Å². The van der Waals surface area contributed by atoms with Crippen molar-refractivity contribution in [1.82, 2.24) is 25.6 Å². The lowest BCUT2D eigenvalue weighted by molar-refractivity contribution is 0.0921. The maximum atomic E-state index is 12.6. The Balaban J connectivity index is 1.75. The second-order valence-corrected chi connectivity index (χ2v) is 8.59. The number of aliphatic imine (C=N–C) groups is 2. The Morgan fingerprint density at radius 2 is 1.77 bits per heavy atom. The number of benzene rings is 1. The maximum Gasteiger partial charge on any atom is 0.289 e. The Hall–Kier alpha value is -4.01. The molecule has 0 spiro atoms. The predicted molar refractivity (Wildman–Crippen MR) is 143 cm³/mol. The highest BCUT2D eigenvalue weighted by atomic mass is 16.2. The number of hydrogen-bond donors (Lipinski definition) is 4. The SMILES string of the molecule is C=N/C(=N\C(=C(C)C)c1c[nH]c2ccccc12)N[C@H](CC)C[C@H](CC)NC(=O)c1ncc(N)cn1. The molecular formula is C26H34N8O. The van der Waals surface area contributed by atoms with Gasteiger partial charge in [0.25, 0.3) is 5.91 Å². The highest BCUT2D eigenvalue weighted by Gasteiger charge is 2.20. The second kappa shape index (κ2) is 11.9. The molecule has 1 amide bonds. The predicted octanol–water partition coefficient (Wildman–Crippen LogP) is 4.31. The van der Waals surface area contributed by atoms with E-state index in [0.717, 1.165) is 40.6 Å². The average Bonchev–Trinajstić information content (AvgIpc) is 3.29. The van der Waals surface area contributed by atoms with Crippen LogP contribution in [0, 0.1) is 0 Å². The number of aromatic amines is 1. The van der Waals surface area contributed by atoms with E-state index in [-0.39, 0.29) is 23.8 Å². The quantitative estimate of drug-likeness (QED) is 0.271. The number of para-hydroxylation sites is 1. The lowest BCUT2D eigenvalue weighted by atomic mass is 10.0. The molecule has 5 N–H and O–H groups in total. The molecule has 0 aliphatic heterocycles. The van der Waals surface area contributed by atoms with Gasteiger partial charge in [0, 0.05) is 34.7 Å². The molecule has 9 nitrogen and oxygen atoms in total. The molecule has 0 aliphatic rings. The van der Waals surface area contributed by atoms with Gasteiger partial charge in [-0.2, -0.15) is 0 Å². The van der Waals surface area contributed by atoms with Gasteiger partial charge in [0.05, 0.1) is 23.8 Å². The second-order valence-electron chi connectivity index (χ2n) is 8.59. The van der Waals surface area contributed by atoms with Gasteiger partial charge in [-0.25, -0.2) is 20.0 Å². The standard InChI is InChI=1S/C26H34N8O/c1-6-18(32-25(35)24-30-13-17(27)14-31-24)12-19(7-2)33-26(28-5)34-23(16(3)4)21-15-29-22-11-9-8-10-20(21)22/h8-11,13-15,18-19,29H,5-7,12,27H2,1-4H3,(H,32,35)(H,33,34)/t18-,19+/m0/s1. The summed E-state index contributed by atoms with van der Waals surface area (Å²) in [5.41, 5.74) is 9.99. The van der Waals surface area contributed by atoms with Gasteiger partial charge in [0.2, 0.25) is 11.8 Å². The molecular weight excluding hydrogens is 440 g/mol. The molecule has 3 rings (SSSR count). The number of aromatic nitrogens is 3. The van der Waals surface area contributed by atoms with Crippen molar-refractivity contribution in [2.75, 3.05) is 5.73 Å². The minimum atomic E-state index is -0.325.